The summed E-state index contributed by atoms with van der Waals surface area (Å²) in [7, 11) is 0. The number of hydrogen-bond acceptors (Lipinski definition) is 4. The van der Waals surface area contributed by atoms with E-state index in [1.165, 1.54) is 19.3 Å². The van der Waals surface area contributed by atoms with Gasteiger partial charge >= 0.3 is 5.97 Å². The fraction of sp³-hybridized carbons (Fsp3) is 0.929. The molecular weight excluding hydrogens is 232 g/mol. The van der Waals surface area contributed by atoms with E-state index in [0.29, 0.717) is 17.8 Å². The van der Waals surface area contributed by atoms with Crippen molar-refractivity contribution in [1.29, 1.82) is 0 Å². The minimum Gasteiger partial charge on any atom is -0.457 e. The van der Waals surface area contributed by atoms with Gasteiger partial charge in [-0.05, 0) is 56.3 Å². The van der Waals surface area contributed by atoms with E-state index in [1.807, 2.05) is 0 Å². The Morgan fingerprint density at radius 1 is 1.06 bits per heavy atom. The van der Waals surface area contributed by atoms with Crippen LogP contribution in [0, 0.1) is 23.2 Å². The first-order valence-corrected chi connectivity index (χ1v) is 7.08. The third-order valence-electron chi connectivity index (χ3n) is 5.15. The highest BCUT2D eigenvalue weighted by Crippen LogP contribution is 2.60. The van der Waals surface area contributed by atoms with E-state index in [1.54, 1.807) is 0 Å². The molecule has 4 rings (SSSR count). The molecule has 4 nitrogen and oxygen atoms in total. The molecule has 0 unspecified atom stereocenters. The maximum atomic E-state index is 12.4. The molecule has 102 valence electrons. The summed E-state index contributed by atoms with van der Waals surface area (Å²) in [6.07, 6.45) is 6.00. The summed E-state index contributed by atoms with van der Waals surface area (Å²) in [5.74, 6) is 1.93. The van der Waals surface area contributed by atoms with Gasteiger partial charge in [-0.1, -0.05) is 0 Å². The average molecular weight is 254 g/mol. The Morgan fingerprint density at radius 2 is 1.50 bits per heavy atom. The fourth-order valence-corrected chi connectivity index (χ4v) is 4.77. The Balaban J connectivity index is 1.73. The summed E-state index contributed by atoms with van der Waals surface area (Å²) in [6, 6.07) is 0. The van der Waals surface area contributed by atoms with Crippen LogP contribution in [0.4, 0.5) is 0 Å². The first-order valence-electron chi connectivity index (χ1n) is 7.08. The summed E-state index contributed by atoms with van der Waals surface area (Å²) in [4.78, 5) is 12.4. The molecule has 4 heteroatoms. The minimum absolute atomic E-state index is 0.172. The highest BCUT2D eigenvalue weighted by molar-refractivity contribution is 5.77. The largest absolute Gasteiger partial charge is 0.457 e. The molecule has 4 aliphatic rings. The van der Waals surface area contributed by atoms with Gasteiger partial charge in [-0.3, -0.25) is 4.79 Å². The summed E-state index contributed by atoms with van der Waals surface area (Å²) in [6.45, 7) is -0.594. The predicted molar refractivity (Wildman–Crippen MR) is 64.7 cm³/mol. The molecule has 4 fully saturated rings. The molecule has 0 radical (unpaired) electrons. The minimum atomic E-state index is -0.745. The second-order valence-corrected chi connectivity index (χ2v) is 6.59. The van der Waals surface area contributed by atoms with Crippen LogP contribution in [-0.2, 0) is 9.53 Å². The van der Waals surface area contributed by atoms with Crippen molar-refractivity contribution in [3.63, 3.8) is 0 Å². The van der Waals surface area contributed by atoms with E-state index >= 15 is 0 Å². The number of hydrogen-bond donors (Lipinski definition) is 2. The molecule has 0 amide bonds. The van der Waals surface area contributed by atoms with Gasteiger partial charge in [0.1, 0.15) is 6.10 Å². The maximum Gasteiger partial charge on any atom is 0.312 e. The lowest BCUT2D eigenvalue weighted by molar-refractivity contribution is -0.180. The zero-order chi connectivity index (χ0) is 12.8. The highest BCUT2D eigenvalue weighted by Gasteiger charge is 2.55. The predicted octanol–water partition coefficient (Wildman–Crippen LogP) is 1.10. The molecule has 0 aromatic carbocycles. The van der Waals surface area contributed by atoms with Crippen molar-refractivity contribution >= 4 is 5.97 Å². The Hall–Kier alpha value is -0.610. The number of carbonyl (C=O) groups excluding carboxylic acids is 1. The maximum absolute atomic E-state index is 12.4. The van der Waals surface area contributed by atoms with Gasteiger partial charge < -0.3 is 14.9 Å². The summed E-state index contributed by atoms with van der Waals surface area (Å²) in [5, 5.41) is 18.0. The van der Waals surface area contributed by atoms with Crippen LogP contribution in [0.5, 0.6) is 0 Å². The Morgan fingerprint density at radius 3 is 1.89 bits per heavy atom. The van der Waals surface area contributed by atoms with Crippen molar-refractivity contribution in [2.45, 2.75) is 44.6 Å². The van der Waals surface area contributed by atoms with E-state index < -0.39 is 6.10 Å². The van der Waals surface area contributed by atoms with Crippen molar-refractivity contribution < 1.29 is 19.7 Å². The van der Waals surface area contributed by atoms with Crippen molar-refractivity contribution in [2.24, 2.45) is 23.2 Å². The monoisotopic (exact) mass is 254 g/mol. The normalized spacial score (nSPS) is 41.4. The van der Waals surface area contributed by atoms with Crippen LogP contribution in [0.2, 0.25) is 0 Å². The molecule has 0 aliphatic heterocycles. The number of aliphatic hydroxyl groups is 2. The van der Waals surface area contributed by atoms with Crippen molar-refractivity contribution in [2.75, 3.05) is 13.2 Å². The van der Waals surface area contributed by atoms with Gasteiger partial charge in [0.25, 0.3) is 0 Å². The van der Waals surface area contributed by atoms with Gasteiger partial charge in [-0.15, -0.1) is 0 Å². The zero-order valence-electron chi connectivity index (χ0n) is 10.7. The van der Waals surface area contributed by atoms with Gasteiger partial charge in [0, 0.05) is 0 Å². The summed E-state index contributed by atoms with van der Waals surface area (Å²) < 4.78 is 5.29. The second kappa shape index (κ2) is 4.49. The molecular formula is C14H22O4. The molecule has 0 aromatic heterocycles. The number of rotatable bonds is 4. The standard InChI is InChI=1S/C14H22O4/c15-7-12(8-16)18-13(17)14-4-9-1-10(5-14)3-11(2-9)6-14/h9-12,15-16H,1-8H2. The highest BCUT2D eigenvalue weighted by atomic mass is 16.6. The molecule has 2 N–H and O–H groups in total. The number of ether oxygens (including phenoxy) is 1. The smallest absolute Gasteiger partial charge is 0.312 e. The van der Waals surface area contributed by atoms with E-state index in [2.05, 4.69) is 0 Å². The van der Waals surface area contributed by atoms with E-state index in [4.69, 9.17) is 14.9 Å². The Kier molecular flexibility index (Phi) is 3.10. The topological polar surface area (TPSA) is 66.8 Å². The molecule has 4 saturated carbocycles. The number of aliphatic hydroxyl groups excluding tert-OH is 2. The van der Waals surface area contributed by atoms with Gasteiger partial charge in [-0.2, -0.15) is 0 Å². The van der Waals surface area contributed by atoms with Crippen molar-refractivity contribution in [3.05, 3.63) is 0 Å². The number of carbonyl (C=O) groups is 1. The second-order valence-electron chi connectivity index (χ2n) is 6.59. The van der Waals surface area contributed by atoms with Crippen LogP contribution in [-0.4, -0.2) is 35.5 Å². The molecule has 18 heavy (non-hydrogen) atoms. The molecule has 4 bridgehead atoms. The van der Waals surface area contributed by atoms with Crippen molar-refractivity contribution in [1.82, 2.24) is 0 Å². The molecule has 0 atom stereocenters. The molecule has 4 aliphatic carbocycles. The fourth-order valence-electron chi connectivity index (χ4n) is 4.77. The summed E-state index contributed by atoms with van der Waals surface area (Å²) in [5.41, 5.74) is -0.294. The molecule has 0 saturated heterocycles. The summed E-state index contributed by atoms with van der Waals surface area (Å²) >= 11 is 0. The van der Waals surface area contributed by atoms with Crippen LogP contribution >= 0.6 is 0 Å². The molecule has 0 heterocycles. The van der Waals surface area contributed by atoms with Gasteiger partial charge in [0.2, 0.25) is 0 Å². The lowest BCUT2D eigenvalue weighted by atomic mass is 9.49. The Bertz CT molecular complexity index is 299. The van der Waals surface area contributed by atoms with Crippen LogP contribution in [0.15, 0.2) is 0 Å². The van der Waals surface area contributed by atoms with Gasteiger partial charge in [0.05, 0.1) is 18.6 Å². The van der Waals surface area contributed by atoms with E-state index in [-0.39, 0.29) is 24.6 Å². The van der Waals surface area contributed by atoms with E-state index in [9.17, 15) is 4.79 Å². The number of esters is 1. The lowest BCUT2D eigenvalue weighted by Gasteiger charge is -2.55. The van der Waals surface area contributed by atoms with Gasteiger partial charge in [0.15, 0.2) is 0 Å². The first kappa shape index (κ1) is 12.4. The van der Waals surface area contributed by atoms with Crippen LogP contribution in [0.1, 0.15) is 38.5 Å². The molecule has 0 spiro atoms. The SMILES string of the molecule is O=C(OC(CO)CO)C12CC3CC(CC(C3)C1)C2. The first-order chi connectivity index (χ1) is 8.65. The van der Waals surface area contributed by atoms with Crippen LogP contribution < -0.4 is 0 Å². The Labute approximate surface area is 107 Å². The van der Waals surface area contributed by atoms with Crippen LogP contribution in [0.25, 0.3) is 0 Å². The lowest BCUT2D eigenvalue weighted by Crippen LogP contribution is -2.51. The third kappa shape index (κ3) is 1.95. The molecule has 0 aromatic rings. The van der Waals surface area contributed by atoms with E-state index in [0.717, 1.165) is 19.3 Å². The third-order valence-corrected chi connectivity index (χ3v) is 5.15. The van der Waals surface area contributed by atoms with Crippen molar-refractivity contribution in [3.8, 4) is 0 Å². The average Bonchev–Trinajstić information content (AvgIpc) is 2.34. The van der Waals surface area contributed by atoms with Crippen LogP contribution in [0.3, 0.4) is 0 Å². The zero-order valence-corrected chi connectivity index (χ0v) is 10.7. The quantitative estimate of drug-likeness (QED) is 0.737. The van der Waals surface area contributed by atoms with Gasteiger partial charge in [-0.25, -0.2) is 0 Å².